The lowest BCUT2D eigenvalue weighted by atomic mass is 10.3. The fraction of sp³-hybridized carbons (Fsp3) is 0.375. The van der Waals surface area contributed by atoms with Crippen LogP contribution in [-0.2, 0) is 12.3 Å². The van der Waals surface area contributed by atoms with Gasteiger partial charge in [0.2, 0.25) is 0 Å². The molecule has 1 aromatic heterocycles. The van der Waals surface area contributed by atoms with Crippen molar-refractivity contribution >= 4 is 11.8 Å². The summed E-state index contributed by atoms with van der Waals surface area (Å²) in [6, 6.07) is 4.07. The third kappa shape index (κ3) is 2.81. The molecule has 12 heavy (non-hydrogen) atoms. The summed E-state index contributed by atoms with van der Waals surface area (Å²) in [6.45, 7) is 0.625. The molecule has 66 valence electrons. The van der Waals surface area contributed by atoms with E-state index < -0.39 is 0 Å². The van der Waals surface area contributed by atoms with E-state index in [1.54, 1.807) is 11.8 Å². The minimum atomic E-state index is 0.625. The zero-order valence-electron chi connectivity index (χ0n) is 7.08. The Morgan fingerprint density at radius 1 is 1.58 bits per heavy atom. The first-order valence-electron chi connectivity index (χ1n) is 3.73. The number of rotatable bonds is 4. The van der Waals surface area contributed by atoms with Crippen molar-refractivity contribution in [2.24, 2.45) is 5.84 Å². The second-order valence-corrected chi connectivity index (χ2v) is 3.34. The quantitative estimate of drug-likeness (QED) is 0.538. The molecule has 0 amide bonds. The number of hydrazine groups is 1. The largest absolute Gasteiger partial charge is 0.271 e. The lowest BCUT2D eigenvalue weighted by Crippen LogP contribution is -2.21. The molecule has 0 saturated carbocycles. The number of hydrogen-bond donors (Lipinski definition) is 2. The maximum absolute atomic E-state index is 5.16. The number of aromatic nitrogens is 1. The number of nitrogens with zero attached hydrogens (tertiary/aromatic N) is 1. The van der Waals surface area contributed by atoms with Gasteiger partial charge < -0.3 is 0 Å². The highest BCUT2D eigenvalue weighted by Crippen LogP contribution is 2.07. The summed E-state index contributed by atoms with van der Waals surface area (Å²) in [7, 11) is 0. The van der Waals surface area contributed by atoms with Gasteiger partial charge in [-0.15, -0.1) is 0 Å². The van der Waals surface area contributed by atoms with E-state index in [9.17, 15) is 0 Å². The van der Waals surface area contributed by atoms with E-state index >= 15 is 0 Å². The van der Waals surface area contributed by atoms with Crippen LogP contribution in [0.5, 0.6) is 0 Å². The molecule has 4 heteroatoms. The summed E-state index contributed by atoms with van der Waals surface area (Å²) in [6.07, 6.45) is 3.97. The highest BCUT2D eigenvalue weighted by atomic mass is 32.2. The van der Waals surface area contributed by atoms with E-state index in [2.05, 4.69) is 22.7 Å². The molecule has 0 unspecified atom stereocenters. The first-order valence-corrected chi connectivity index (χ1v) is 5.12. The van der Waals surface area contributed by atoms with Gasteiger partial charge >= 0.3 is 0 Å². The Morgan fingerprint density at radius 3 is 2.92 bits per heavy atom. The van der Waals surface area contributed by atoms with Crippen LogP contribution in [0.4, 0.5) is 0 Å². The summed E-state index contributed by atoms with van der Waals surface area (Å²) >= 11 is 1.79. The fourth-order valence-corrected chi connectivity index (χ4v) is 1.42. The fourth-order valence-electron chi connectivity index (χ4n) is 0.916. The van der Waals surface area contributed by atoms with Gasteiger partial charge in [-0.25, -0.2) is 0 Å². The molecule has 0 saturated heterocycles. The third-order valence-electron chi connectivity index (χ3n) is 1.48. The van der Waals surface area contributed by atoms with Gasteiger partial charge in [0, 0.05) is 11.9 Å². The van der Waals surface area contributed by atoms with Crippen LogP contribution in [0, 0.1) is 0 Å². The summed E-state index contributed by atoms with van der Waals surface area (Å²) in [4.78, 5) is 4.23. The monoisotopic (exact) mass is 183 g/mol. The van der Waals surface area contributed by atoms with Crippen molar-refractivity contribution in [3.8, 4) is 0 Å². The Balaban J connectivity index is 2.58. The van der Waals surface area contributed by atoms with Gasteiger partial charge in [-0.05, 0) is 17.9 Å². The topological polar surface area (TPSA) is 50.9 Å². The molecule has 1 heterocycles. The second-order valence-electron chi connectivity index (χ2n) is 2.47. The maximum Gasteiger partial charge on any atom is 0.0555 e. The molecule has 3 N–H and O–H groups in total. The summed E-state index contributed by atoms with van der Waals surface area (Å²) in [5, 5.41) is 0. The first kappa shape index (κ1) is 9.51. The summed E-state index contributed by atoms with van der Waals surface area (Å²) < 4.78 is 0. The Morgan fingerprint density at radius 2 is 2.42 bits per heavy atom. The minimum absolute atomic E-state index is 0.625. The van der Waals surface area contributed by atoms with Crippen molar-refractivity contribution in [2.75, 3.05) is 6.26 Å². The Kier molecular flexibility index (Phi) is 4.07. The van der Waals surface area contributed by atoms with Crippen molar-refractivity contribution in [3.05, 3.63) is 29.6 Å². The van der Waals surface area contributed by atoms with Gasteiger partial charge in [0.15, 0.2) is 0 Å². The van der Waals surface area contributed by atoms with E-state index in [1.807, 2.05) is 12.3 Å². The van der Waals surface area contributed by atoms with Crippen LogP contribution in [0.1, 0.15) is 11.3 Å². The number of nitrogens with one attached hydrogen (secondary N) is 1. The Bertz CT molecular complexity index is 197. The van der Waals surface area contributed by atoms with E-state index in [1.165, 1.54) is 5.56 Å². The number of thioether (sulfide) groups is 1. The van der Waals surface area contributed by atoms with E-state index in [-0.39, 0.29) is 0 Å². The lowest BCUT2D eigenvalue weighted by Gasteiger charge is -2.00. The van der Waals surface area contributed by atoms with Crippen LogP contribution in [0.3, 0.4) is 0 Å². The normalized spacial score (nSPS) is 10.2. The van der Waals surface area contributed by atoms with Crippen LogP contribution in [0.25, 0.3) is 0 Å². The highest BCUT2D eigenvalue weighted by Gasteiger charge is 1.93. The maximum atomic E-state index is 5.16. The van der Waals surface area contributed by atoms with Crippen LogP contribution in [-0.4, -0.2) is 11.2 Å². The molecule has 0 radical (unpaired) electrons. The molecule has 0 atom stereocenters. The Labute approximate surface area is 76.7 Å². The van der Waals surface area contributed by atoms with Crippen molar-refractivity contribution in [2.45, 2.75) is 12.3 Å². The van der Waals surface area contributed by atoms with E-state index in [4.69, 9.17) is 5.84 Å². The van der Waals surface area contributed by atoms with Crippen molar-refractivity contribution < 1.29 is 0 Å². The van der Waals surface area contributed by atoms with E-state index in [0.717, 1.165) is 11.4 Å². The second kappa shape index (κ2) is 5.13. The van der Waals surface area contributed by atoms with Crippen molar-refractivity contribution in [3.63, 3.8) is 0 Å². The summed E-state index contributed by atoms with van der Waals surface area (Å²) in [5.41, 5.74) is 4.80. The predicted molar refractivity (Wildman–Crippen MR) is 52.5 cm³/mol. The molecular formula is C8H13N3S. The van der Waals surface area contributed by atoms with Crippen LogP contribution < -0.4 is 11.3 Å². The van der Waals surface area contributed by atoms with Gasteiger partial charge in [0.05, 0.1) is 12.2 Å². The van der Waals surface area contributed by atoms with Crippen LogP contribution in [0.2, 0.25) is 0 Å². The molecule has 0 aliphatic carbocycles. The molecule has 0 spiro atoms. The number of pyridine rings is 1. The smallest absolute Gasteiger partial charge is 0.0555 e. The highest BCUT2D eigenvalue weighted by molar-refractivity contribution is 7.97. The van der Waals surface area contributed by atoms with Crippen molar-refractivity contribution in [1.82, 2.24) is 10.4 Å². The molecule has 0 aliphatic heterocycles. The van der Waals surface area contributed by atoms with Gasteiger partial charge in [0.1, 0.15) is 0 Å². The van der Waals surface area contributed by atoms with Crippen molar-refractivity contribution in [1.29, 1.82) is 0 Å². The standard InChI is InChI=1S/C8H13N3S/c1-12-6-7-2-3-8(5-11-9)10-4-7/h2-4,11H,5-6,9H2,1H3. The average Bonchev–Trinajstić information content (AvgIpc) is 2.09. The predicted octanol–water partition coefficient (Wildman–Crippen LogP) is 0.908. The summed E-state index contributed by atoms with van der Waals surface area (Å²) in [5.74, 6) is 6.18. The molecule has 0 fully saturated rings. The Hall–Kier alpha value is -0.580. The number of nitrogens with two attached hydrogens (primary N) is 1. The van der Waals surface area contributed by atoms with E-state index in [0.29, 0.717) is 6.54 Å². The van der Waals surface area contributed by atoms with Gasteiger partial charge in [-0.3, -0.25) is 16.3 Å². The molecular weight excluding hydrogens is 170 g/mol. The molecule has 1 rings (SSSR count). The molecule has 0 aromatic carbocycles. The zero-order chi connectivity index (χ0) is 8.81. The van der Waals surface area contributed by atoms with Gasteiger partial charge in [-0.1, -0.05) is 6.07 Å². The average molecular weight is 183 g/mol. The van der Waals surface area contributed by atoms with Crippen LogP contribution >= 0.6 is 11.8 Å². The lowest BCUT2D eigenvalue weighted by molar-refractivity contribution is 0.722. The molecule has 0 aliphatic rings. The van der Waals surface area contributed by atoms with Gasteiger partial charge in [-0.2, -0.15) is 11.8 Å². The minimum Gasteiger partial charge on any atom is -0.271 e. The third-order valence-corrected chi connectivity index (χ3v) is 2.10. The zero-order valence-corrected chi connectivity index (χ0v) is 7.90. The van der Waals surface area contributed by atoms with Gasteiger partial charge in [0.25, 0.3) is 0 Å². The molecule has 3 nitrogen and oxygen atoms in total. The SMILES string of the molecule is CSCc1ccc(CNN)nc1. The van der Waals surface area contributed by atoms with Crippen LogP contribution in [0.15, 0.2) is 18.3 Å². The molecule has 0 bridgehead atoms. The first-order chi connectivity index (χ1) is 5.86. The molecule has 1 aromatic rings. The number of hydrogen-bond acceptors (Lipinski definition) is 4.